The lowest BCUT2D eigenvalue weighted by Crippen LogP contribution is -2.19. The van der Waals surface area contributed by atoms with Crippen molar-refractivity contribution < 1.29 is 18.4 Å². The van der Waals surface area contributed by atoms with Crippen LogP contribution in [0.2, 0.25) is 5.02 Å². The summed E-state index contributed by atoms with van der Waals surface area (Å²) < 4.78 is 18.9. The number of rotatable bonds is 6. The van der Waals surface area contributed by atoms with Crippen LogP contribution in [0.25, 0.3) is 22.2 Å². The van der Waals surface area contributed by atoms with Crippen LogP contribution in [0.3, 0.4) is 0 Å². The summed E-state index contributed by atoms with van der Waals surface area (Å²) in [6.07, 6.45) is 2.10. The second kappa shape index (κ2) is 9.85. The number of urea groups is 1. The number of carbonyl (C=O) groups excluding carboxylic acids is 2. The molecule has 36 heavy (non-hydrogen) atoms. The molecule has 0 radical (unpaired) electrons. The number of amides is 2. The molecule has 2 aromatic heterocycles. The minimum atomic E-state index is -0.569. The largest absolute Gasteiger partial charge is 0.453 e. The lowest BCUT2D eigenvalue weighted by Gasteiger charge is -2.12. The van der Waals surface area contributed by atoms with Gasteiger partial charge in [-0.25, -0.2) is 19.2 Å². The Balaban J connectivity index is 1.35. The number of fused-ring (bicyclic) bond motifs is 1. The number of benzene rings is 3. The normalized spacial score (nSPS) is 10.7. The van der Waals surface area contributed by atoms with Crippen molar-refractivity contribution in [3.8, 4) is 11.3 Å². The minimum Gasteiger partial charge on any atom is -0.453 e. The molecular weight excluding hydrogens is 485 g/mol. The third kappa shape index (κ3) is 5.01. The molecule has 3 N–H and O–H groups in total. The summed E-state index contributed by atoms with van der Waals surface area (Å²) in [5.41, 5.74) is 3.02. The zero-order chi connectivity index (χ0) is 25.1. The number of carbonyl (C=O) groups is 2. The van der Waals surface area contributed by atoms with Crippen molar-refractivity contribution in [2.24, 2.45) is 0 Å². The molecule has 0 aliphatic rings. The van der Waals surface area contributed by atoms with Crippen LogP contribution in [0.15, 0.2) is 83.5 Å². The molecule has 0 fully saturated rings. The van der Waals surface area contributed by atoms with E-state index in [2.05, 4.69) is 25.9 Å². The first kappa shape index (κ1) is 23.0. The molecule has 5 rings (SSSR count). The van der Waals surface area contributed by atoms with Gasteiger partial charge in [-0.05, 0) is 66.7 Å². The Morgan fingerprint density at radius 1 is 0.917 bits per heavy atom. The summed E-state index contributed by atoms with van der Waals surface area (Å²) in [6, 6.07) is 19.3. The van der Waals surface area contributed by atoms with E-state index < -0.39 is 11.8 Å². The van der Waals surface area contributed by atoms with Gasteiger partial charge in [-0.15, -0.1) is 0 Å². The highest BCUT2D eigenvalue weighted by atomic mass is 35.5. The number of nitrogens with one attached hydrogen (secondary N) is 3. The molecule has 8 nitrogen and oxygen atoms in total. The average molecular weight is 502 g/mol. The van der Waals surface area contributed by atoms with E-state index in [0.717, 1.165) is 10.9 Å². The van der Waals surface area contributed by atoms with Crippen molar-refractivity contribution in [2.45, 2.75) is 0 Å². The summed E-state index contributed by atoms with van der Waals surface area (Å²) in [5, 5.41) is 9.23. The Hall–Kier alpha value is -4.76. The second-order valence-electron chi connectivity index (χ2n) is 7.69. The van der Waals surface area contributed by atoms with E-state index in [1.807, 2.05) is 24.3 Å². The number of aldehydes is 1. The van der Waals surface area contributed by atoms with Gasteiger partial charge in [0.2, 0.25) is 0 Å². The number of furan rings is 1. The van der Waals surface area contributed by atoms with Crippen molar-refractivity contribution >= 4 is 57.7 Å². The van der Waals surface area contributed by atoms with Gasteiger partial charge in [-0.1, -0.05) is 17.7 Å². The van der Waals surface area contributed by atoms with Crippen molar-refractivity contribution in [3.05, 3.63) is 95.7 Å². The third-order valence-corrected chi connectivity index (χ3v) is 5.51. The van der Waals surface area contributed by atoms with E-state index in [-0.39, 0.29) is 10.8 Å². The maximum Gasteiger partial charge on any atom is 0.323 e. The smallest absolute Gasteiger partial charge is 0.323 e. The van der Waals surface area contributed by atoms with Gasteiger partial charge in [-0.2, -0.15) is 0 Å². The van der Waals surface area contributed by atoms with Crippen LogP contribution in [0.4, 0.5) is 32.1 Å². The Kier molecular flexibility index (Phi) is 6.29. The molecule has 5 aromatic rings. The van der Waals surface area contributed by atoms with Crippen LogP contribution in [0, 0.1) is 5.82 Å². The fourth-order valence-corrected chi connectivity index (χ4v) is 3.74. The molecule has 0 aliphatic heterocycles. The van der Waals surface area contributed by atoms with Gasteiger partial charge >= 0.3 is 6.03 Å². The minimum absolute atomic E-state index is 0.0875. The van der Waals surface area contributed by atoms with Crippen LogP contribution < -0.4 is 16.0 Å². The maximum absolute atomic E-state index is 13.3. The van der Waals surface area contributed by atoms with E-state index in [9.17, 15) is 14.0 Å². The van der Waals surface area contributed by atoms with E-state index >= 15 is 0 Å². The van der Waals surface area contributed by atoms with Crippen molar-refractivity contribution in [1.82, 2.24) is 9.97 Å². The van der Waals surface area contributed by atoms with Crippen molar-refractivity contribution in [2.75, 3.05) is 16.0 Å². The first-order valence-electron chi connectivity index (χ1n) is 10.7. The zero-order valence-electron chi connectivity index (χ0n) is 18.5. The van der Waals surface area contributed by atoms with Gasteiger partial charge in [0.15, 0.2) is 12.0 Å². The number of hydrogen-bond acceptors (Lipinski definition) is 6. The first-order valence-corrected chi connectivity index (χ1v) is 11.1. The Morgan fingerprint density at radius 3 is 2.50 bits per heavy atom. The quantitative estimate of drug-likeness (QED) is 0.219. The average Bonchev–Trinajstić information content (AvgIpc) is 3.36. The first-order chi connectivity index (χ1) is 17.5. The number of anilines is 4. The summed E-state index contributed by atoms with van der Waals surface area (Å²) in [6.45, 7) is 0. The topological polar surface area (TPSA) is 109 Å². The molecule has 0 atom stereocenters. The van der Waals surface area contributed by atoms with Gasteiger partial charge in [0.05, 0.1) is 10.5 Å². The highest BCUT2D eigenvalue weighted by molar-refractivity contribution is 6.31. The molecule has 0 saturated heterocycles. The number of halogens is 2. The third-order valence-electron chi connectivity index (χ3n) is 5.22. The van der Waals surface area contributed by atoms with Crippen LogP contribution >= 0.6 is 11.6 Å². The summed E-state index contributed by atoms with van der Waals surface area (Å²) in [4.78, 5) is 32.0. The maximum atomic E-state index is 13.3. The molecule has 10 heteroatoms. The van der Waals surface area contributed by atoms with E-state index in [4.69, 9.17) is 16.0 Å². The molecular formula is C26H17ClFN5O3. The standard InChI is InChI=1S/C26H17ClFN5O3/c27-21-12-18(5-7-22(21)28)33-26(35)32-17-3-1-2-16(11-17)31-25-20-10-15(4-8-23(20)29-14-30-25)24-9-6-19(13-34)36-24/h1-14H,(H,29,30,31)(H2,32,33,35). The highest BCUT2D eigenvalue weighted by Crippen LogP contribution is 2.30. The summed E-state index contributed by atoms with van der Waals surface area (Å²) in [7, 11) is 0. The van der Waals surface area contributed by atoms with Gasteiger partial charge in [0, 0.05) is 28.0 Å². The van der Waals surface area contributed by atoms with Gasteiger partial charge in [0.25, 0.3) is 0 Å². The SMILES string of the molecule is O=Cc1ccc(-c2ccc3ncnc(Nc4cccc(NC(=O)Nc5ccc(F)c(Cl)c5)c4)c3c2)o1. The number of nitrogens with zero attached hydrogens (tertiary/aromatic N) is 2. The Bertz CT molecular complexity index is 1600. The lowest BCUT2D eigenvalue weighted by molar-refractivity contribution is 0.110. The molecule has 2 amide bonds. The van der Waals surface area contributed by atoms with Crippen molar-refractivity contribution in [1.29, 1.82) is 0 Å². The molecule has 0 aliphatic carbocycles. The van der Waals surface area contributed by atoms with Gasteiger partial charge < -0.3 is 20.4 Å². The van der Waals surface area contributed by atoms with Gasteiger partial charge in [0.1, 0.15) is 23.7 Å². The van der Waals surface area contributed by atoms with Gasteiger partial charge in [-0.3, -0.25) is 4.79 Å². The van der Waals surface area contributed by atoms with Crippen LogP contribution in [0.1, 0.15) is 10.6 Å². The fourth-order valence-electron chi connectivity index (χ4n) is 3.56. The second-order valence-corrected chi connectivity index (χ2v) is 8.10. The lowest BCUT2D eigenvalue weighted by atomic mass is 10.1. The summed E-state index contributed by atoms with van der Waals surface area (Å²) >= 11 is 5.76. The van der Waals surface area contributed by atoms with E-state index in [0.29, 0.717) is 40.4 Å². The van der Waals surface area contributed by atoms with Crippen LogP contribution in [-0.2, 0) is 0 Å². The fraction of sp³-hybridized carbons (Fsp3) is 0. The zero-order valence-corrected chi connectivity index (χ0v) is 19.2. The molecule has 0 saturated carbocycles. The number of hydrogen-bond donors (Lipinski definition) is 3. The Labute approximate surface area is 209 Å². The molecule has 2 heterocycles. The van der Waals surface area contributed by atoms with E-state index in [1.54, 1.807) is 30.3 Å². The van der Waals surface area contributed by atoms with Crippen LogP contribution in [-0.4, -0.2) is 22.3 Å². The predicted molar refractivity (Wildman–Crippen MR) is 136 cm³/mol. The van der Waals surface area contributed by atoms with E-state index in [1.165, 1.54) is 24.5 Å². The predicted octanol–water partition coefficient (Wildman–Crippen LogP) is 6.88. The monoisotopic (exact) mass is 501 g/mol. The van der Waals surface area contributed by atoms with Crippen LogP contribution in [0.5, 0.6) is 0 Å². The molecule has 3 aromatic carbocycles. The molecule has 178 valence electrons. The molecule has 0 bridgehead atoms. The van der Waals surface area contributed by atoms with Crippen molar-refractivity contribution in [3.63, 3.8) is 0 Å². The number of aromatic nitrogens is 2. The molecule has 0 unspecified atom stereocenters. The highest BCUT2D eigenvalue weighted by Gasteiger charge is 2.11. The molecule has 0 spiro atoms. The summed E-state index contributed by atoms with van der Waals surface area (Å²) in [5.74, 6) is 0.768. The Morgan fingerprint density at radius 2 is 1.72 bits per heavy atom.